The van der Waals surface area contributed by atoms with Gasteiger partial charge in [0.1, 0.15) is 6.26 Å². The highest BCUT2D eigenvalue weighted by atomic mass is 35.5. The molecule has 3 aromatic heterocycles. The van der Waals surface area contributed by atoms with Crippen molar-refractivity contribution < 1.29 is 13.6 Å². The van der Waals surface area contributed by atoms with Crippen LogP contribution in [-0.2, 0) is 11.3 Å². The number of nitrogens with zero attached hydrogens (tertiary/aromatic N) is 3. The number of amides is 1. The van der Waals surface area contributed by atoms with Crippen LogP contribution in [0.2, 0.25) is 5.02 Å². The van der Waals surface area contributed by atoms with E-state index in [4.69, 9.17) is 20.4 Å². The fourth-order valence-electron chi connectivity index (χ4n) is 2.25. The second-order valence-electron chi connectivity index (χ2n) is 5.57. The van der Waals surface area contributed by atoms with E-state index in [-0.39, 0.29) is 18.2 Å². The van der Waals surface area contributed by atoms with Crippen molar-refractivity contribution in [3.05, 3.63) is 58.8 Å². The van der Waals surface area contributed by atoms with Gasteiger partial charge in [-0.1, -0.05) is 29.4 Å². The molecule has 10 heteroatoms. The molecule has 28 heavy (non-hydrogen) atoms. The van der Waals surface area contributed by atoms with Crippen LogP contribution in [0.4, 0.5) is 0 Å². The van der Waals surface area contributed by atoms with E-state index in [2.05, 4.69) is 20.5 Å². The van der Waals surface area contributed by atoms with E-state index < -0.39 is 0 Å². The number of hydrogen-bond acceptors (Lipinski definition) is 8. The molecular formula is C18H13ClN4O3S2. The minimum absolute atomic E-state index is 0.151. The minimum Gasteiger partial charge on any atom is -0.443 e. The lowest BCUT2D eigenvalue weighted by Gasteiger charge is -2.00. The Hall–Kier alpha value is -2.62. The summed E-state index contributed by atoms with van der Waals surface area (Å²) in [5, 5.41) is 13.6. The summed E-state index contributed by atoms with van der Waals surface area (Å²) in [4.78, 5) is 17.4. The van der Waals surface area contributed by atoms with Gasteiger partial charge in [0.25, 0.3) is 5.22 Å². The quantitative estimate of drug-likeness (QED) is 0.429. The van der Waals surface area contributed by atoms with Crippen LogP contribution in [0.15, 0.2) is 62.1 Å². The molecule has 4 aromatic rings. The lowest BCUT2D eigenvalue weighted by atomic mass is 10.2. The first-order valence-corrected chi connectivity index (χ1v) is 10.4. The van der Waals surface area contributed by atoms with Crippen molar-refractivity contribution >= 4 is 40.6 Å². The Labute approximate surface area is 173 Å². The normalized spacial score (nSPS) is 10.9. The number of aromatic nitrogens is 3. The number of thiophene rings is 1. The van der Waals surface area contributed by atoms with Crippen LogP contribution < -0.4 is 5.32 Å². The fourth-order valence-corrected chi connectivity index (χ4v) is 3.62. The van der Waals surface area contributed by atoms with Gasteiger partial charge in [-0.25, -0.2) is 4.98 Å². The summed E-state index contributed by atoms with van der Waals surface area (Å²) in [5.41, 5.74) is 1.42. The second kappa shape index (κ2) is 8.59. The maximum absolute atomic E-state index is 12.0. The molecule has 0 aliphatic heterocycles. The first-order chi connectivity index (χ1) is 13.7. The third-order valence-electron chi connectivity index (χ3n) is 3.57. The zero-order chi connectivity index (χ0) is 19.3. The Kier molecular flexibility index (Phi) is 5.75. The summed E-state index contributed by atoms with van der Waals surface area (Å²) < 4.78 is 11.0. The number of hydrogen-bond donors (Lipinski definition) is 1. The van der Waals surface area contributed by atoms with Crippen LogP contribution in [0.1, 0.15) is 5.69 Å². The number of rotatable bonds is 7. The molecule has 1 amide bonds. The standard InChI is InChI=1S/C18H13ClN4O3S2/c19-12-5-3-11(4-6-12)16-22-23-18(26-16)28-10-15(24)20-8-13-9-25-17(21-13)14-2-1-7-27-14/h1-7,9H,8,10H2,(H,20,24). The van der Waals surface area contributed by atoms with Gasteiger partial charge in [-0.3, -0.25) is 4.79 Å². The topological polar surface area (TPSA) is 94.0 Å². The molecule has 0 saturated heterocycles. The Morgan fingerprint density at radius 2 is 2.04 bits per heavy atom. The van der Waals surface area contributed by atoms with Crippen LogP contribution in [0.5, 0.6) is 0 Å². The van der Waals surface area contributed by atoms with Gasteiger partial charge in [-0.2, -0.15) is 0 Å². The molecule has 0 bridgehead atoms. The van der Waals surface area contributed by atoms with E-state index >= 15 is 0 Å². The van der Waals surface area contributed by atoms with E-state index in [1.165, 1.54) is 0 Å². The predicted octanol–water partition coefficient (Wildman–Crippen LogP) is 4.52. The molecule has 0 aliphatic rings. The predicted molar refractivity (Wildman–Crippen MR) is 107 cm³/mol. The average Bonchev–Trinajstić information content (AvgIpc) is 3.46. The molecule has 0 unspecified atom stereocenters. The largest absolute Gasteiger partial charge is 0.443 e. The van der Waals surface area contributed by atoms with E-state index in [0.29, 0.717) is 27.7 Å². The van der Waals surface area contributed by atoms with E-state index in [9.17, 15) is 4.79 Å². The molecule has 1 aromatic carbocycles. The molecule has 142 valence electrons. The highest BCUT2D eigenvalue weighted by Crippen LogP contribution is 2.25. The molecule has 1 N–H and O–H groups in total. The lowest BCUT2D eigenvalue weighted by molar-refractivity contribution is -0.118. The summed E-state index contributed by atoms with van der Waals surface area (Å²) in [6, 6.07) is 10.9. The van der Waals surface area contributed by atoms with Crippen LogP contribution in [0.3, 0.4) is 0 Å². The SMILES string of the molecule is O=C(CSc1nnc(-c2ccc(Cl)cc2)o1)NCc1coc(-c2cccs2)n1. The van der Waals surface area contributed by atoms with Crippen molar-refractivity contribution in [3.8, 4) is 22.2 Å². The Balaban J connectivity index is 1.26. The van der Waals surface area contributed by atoms with Gasteiger partial charge in [0.05, 0.1) is 22.9 Å². The minimum atomic E-state index is -0.170. The molecule has 0 radical (unpaired) electrons. The number of oxazole rings is 1. The summed E-state index contributed by atoms with van der Waals surface area (Å²) in [6.45, 7) is 0.286. The number of thioether (sulfide) groups is 1. The van der Waals surface area contributed by atoms with Crippen molar-refractivity contribution in [3.63, 3.8) is 0 Å². The zero-order valence-electron chi connectivity index (χ0n) is 14.3. The Morgan fingerprint density at radius 3 is 2.82 bits per heavy atom. The summed E-state index contributed by atoms with van der Waals surface area (Å²) in [7, 11) is 0. The van der Waals surface area contributed by atoms with Crippen LogP contribution in [0, 0.1) is 0 Å². The highest BCUT2D eigenvalue weighted by Gasteiger charge is 2.12. The van der Waals surface area contributed by atoms with Gasteiger partial charge in [-0.05, 0) is 35.7 Å². The monoisotopic (exact) mass is 432 g/mol. The summed E-state index contributed by atoms with van der Waals surface area (Å²) >= 11 is 8.57. The molecule has 4 rings (SSSR count). The highest BCUT2D eigenvalue weighted by molar-refractivity contribution is 7.99. The van der Waals surface area contributed by atoms with Crippen LogP contribution >= 0.6 is 34.7 Å². The van der Waals surface area contributed by atoms with Gasteiger partial charge >= 0.3 is 0 Å². The van der Waals surface area contributed by atoms with Crippen molar-refractivity contribution in [2.24, 2.45) is 0 Å². The molecular weight excluding hydrogens is 420 g/mol. The van der Waals surface area contributed by atoms with Gasteiger partial charge in [0.2, 0.25) is 17.7 Å². The van der Waals surface area contributed by atoms with Crippen LogP contribution in [0.25, 0.3) is 22.2 Å². The maximum Gasteiger partial charge on any atom is 0.277 e. The van der Waals surface area contributed by atoms with Crippen molar-refractivity contribution in [2.75, 3.05) is 5.75 Å². The Morgan fingerprint density at radius 1 is 1.18 bits per heavy atom. The van der Waals surface area contributed by atoms with E-state index in [1.54, 1.807) is 41.9 Å². The van der Waals surface area contributed by atoms with Gasteiger partial charge in [0.15, 0.2) is 0 Å². The number of benzene rings is 1. The second-order valence-corrected chi connectivity index (χ2v) is 7.88. The van der Waals surface area contributed by atoms with Crippen molar-refractivity contribution in [2.45, 2.75) is 11.8 Å². The molecule has 0 fully saturated rings. The maximum atomic E-state index is 12.0. The number of nitrogens with one attached hydrogen (secondary N) is 1. The average molecular weight is 433 g/mol. The third kappa shape index (κ3) is 4.61. The van der Waals surface area contributed by atoms with Crippen molar-refractivity contribution in [1.29, 1.82) is 0 Å². The van der Waals surface area contributed by atoms with Crippen molar-refractivity contribution in [1.82, 2.24) is 20.5 Å². The molecule has 0 spiro atoms. The zero-order valence-corrected chi connectivity index (χ0v) is 16.7. The molecule has 0 aliphatic carbocycles. The smallest absolute Gasteiger partial charge is 0.277 e. The lowest BCUT2D eigenvalue weighted by Crippen LogP contribution is -2.24. The van der Waals surface area contributed by atoms with Gasteiger partial charge in [-0.15, -0.1) is 21.5 Å². The first-order valence-electron chi connectivity index (χ1n) is 8.14. The molecule has 0 saturated carbocycles. The summed E-state index contributed by atoms with van der Waals surface area (Å²) in [5.74, 6) is 0.909. The number of halogens is 1. The van der Waals surface area contributed by atoms with E-state index in [0.717, 1.165) is 22.2 Å². The molecule has 0 atom stereocenters. The fraction of sp³-hybridized carbons (Fsp3) is 0.111. The van der Waals surface area contributed by atoms with Gasteiger partial charge < -0.3 is 14.2 Å². The van der Waals surface area contributed by atoms with Gasteiger partial charge in [0, 0.05) is 10.6 Å². The number of carbonyl (C=O) groups excluding carboxylic acids is 1. The van der Waals surface area contributed by atoms with Crippen LogP contribution in [-0.4, -0.2) is 26.8 Å². The Bertz CT molecular complexity index is 1060. The van der Waals surface area contributed by atoms with E-state index in [1.807, 2.05) is 17.5 Å². The molecule has 3 heterocycles. The third-order valence-corrected chi connectivity index (χ3v) is 5.50. The first kappa shape index (κ1) is 18.7. The summed E-state index contributed by atoms with van der Waals surface area (Å²) in [6.07, 6.45) is 1.54. The molecule has 7 nitrogen and oxygen atoms in total. The number of carbonyl (C=O) groups is 1.